The third-order valence-corrected chi connectivity index (χ3v) is 1.68. The molecular weight excluding hydrogens is 166 g/mol. The quantitative estimate of drug-likeness (QED) is 0.650. The standard InChI is InChI=1S/C10H13NO2/c11-9(5-6-12)7-8-3-1-2-4-10(8)13/h1-4,7,12-13H,5-6,11H2. The van der Waals surface area contributed by atoms with E-state index in [-0.39, 0.29) is 12.4 Å². The van der Waals surface area contributed by atoms with Crippen LogP contribution in [0.15, 0.2) is 30.0 Å². The Morgan fingerprint density at radius 3 is 2.69 bits per heavy atom. The van der Waals surface area contributed by atoms with Gasteiger partial charge in [0, 0.05) is 24.3 Å². The molecule has 3 nitrogen and oxygen atoms in total. The van der Waals surface area contributed by atoms with Crippen molar-refractivity contribution >= 4 is 6.08 Å². The van der Waals surface area contributed by atoms with Crippen LogP contribution in [0, 0.1) is 0 Å². The molecule has 1 aromatic rings. The summed E-state index contributed by atoms with van der Waals surface area (Å²) in [6, 6.07) is 6.92. The normalized spacial score (nSPS) is 11.6. The SMILES string of the molecule is NC(=Cc1ccccc1O)CCO. The van der Waals surface area contributed by atoms with Gasteiger partial charge in [-0.15, -0.1) is 0 Å². The number of hydrogen-bond acceptors (Lipinski definition) is 3. The van der Waals surface area contributed by atoms with Crippen molar-refractivity contribution in [3.05, 3.63) is 35.5 Å². The Morgan fingerprint density at radius 2 is 2.08 bits per heavy atom. The Hall–Kier alpha value is -1.48. The average molecular weight is 179 g/mol. The Balaban J connectivity index is 2.84. The molecule has 0 radical (unpaired) electrons. The van der Waals surface area contributed by atoms with Crippen LogP contribution in [0.4, 0.5) is 0 Å². The molecular formula is C10H13NO2. The van der Waals surface area contributed by atoms with Crippen LogP contribution in [0.5, 0.6) is 5.75 Å². The van der Waals surface area contributed by atoms with Crippen LogP contribution in [-0.2, 0) is 0 Å². The smallest absolute Gasteiger partial charge is 0.122 e. The summed E-state index contributed by atoms with van der Waals surface area (Å²) in [4.78, 5) is 0. The third-order valence-electron chi connectivity index (χ3n) is 1.68. The first-order chi connectivity index (χ1) is 6.24. The van der Waals surface area contributed by atoms with E-state index in [1.165, 1.54) is 0 Å². The number of rotatable bonds is 3. The van der Waals surface area contributed by atoms with Gasteiger partial charge >= 0.3 is 0 Å². The molecule has 0 aliphatic carbocycles. The second kappa shape index (κ2) is 4.52. The number of para-hydroxylation sites is 1. The summed E-state index contributed by atoms with van der Waals surface area (Å²) < 4.78 is 0. The maximum absolute atomic E-state index is 9.36. The number of nitrogens with two attached hydrogens (primary N) is 1. The van der Waals surface area contributed by atoms with E-state index >= 15 is 0 Å². The third kappa shape index (κ3) is 2.80. The largest absolute Gasteiger partial charge is 0.507 e. The second-order valence-electron chi connectivity index (χ2n) is 2.75. The van der Waals surface area contributed by atoms with E-state index in [4.69, 9.17) is 10.8 Å². The van der Waals surface area contributed by atoms with Crippen molar-refractivity contribution in [2.45, 2.75) is 6.42 Å². The van der Waals surface area contributed by atoms with E-state index in [2.05, 4.69) is 0 Å². The molecule has 0 atom stereocenters. The lowest BCUT2D eigenvalue weighted by Gasteiger charge is -2.00. The molecule has 0 amide bonds. The van der Waals surface area contributed by atoms with Gasteiger partial charge in [-0.05, 0) is 12.1 Å². The maximum Gasteiger partial charge on any atom is 0.122 e. The molecule has 0 heterocycles. The van der Waals surface area contributed by atoms with E-state index in [9.17, 15) is 5.11 Å². The van der Waals surface area contributed by atoms with Crippen molar-refractivity contribution in [2.75, 3.05) is 6.61 Å². The van der Waals surface area contributed by atoms with Crippen LogP contribution in [0.3, 0.4) is 0 Å². The van der Waals surface area contributed by atoms with Crippen molar-refractivity contribution in [2.24, 2.45) is 5.73 Å². The monoisotopic (exact) mass is 179 g/mol. The zero-order valence-corrected chi connectivity index (χ0v) is 7.27. The van der Waals surface area contributed by atoms with Gasteiger partial charge in [-0.1, -0.05) is 18.2 Å². The Bertz CT molecular complexity index is 308. The molecule has 0 aliphatic rings. The molecule has 0 unspecified atom stereocenters. The number of phenolic OH excluding ortho intramolecular Hbond substituents is 1. The van der Waals surface area contributed by atoms with Crippen molar-refractivity contribution in [1.82, 2.24) is 0 Å². The van der Waals surface area contributed by atoms with Crippen molar-refractivity contribution in [1.29, 1.82) is 0 Å². The highest BCUT2D eigenvalue weighted by atomic mass is 16.3. The fourth-order valence-electron chi connectivity index (χ4n) is 1.01. The number of aliphatic hydroxyl groups is 1. The molecule has 4 N–H and O–H groups in total. The Kier molecular flexibility index (Phi) is 3.34. The molecule has 70 valence electrons. The van der Waals surface area contributed by atoms with Gasteiger partial charge in [0.15, 0.2) is 0 Å². The fraction of sp³-hybridized carbons (Fsp3) is 0.200. The Morgan fingerprint density at radius 1 is 1.38 bits per heavy atom. The number of hydrogen-bond donors (Lipinski definition) is 3. The summed E-state index contributed by atoms with van der Waals surface area (Å²) in [6.45, 7) is 0.0237. The summed E-state index contributed by atoms with van der Waals surface area (Å²) in [5, 5.41) is 18.0. The molecule has 1 rings (SSSR count). The van der Waals surface area contributed by atoms with Gasteiger partial charge in [-0.2, -0.15) is 0 Å². The van der Waals surface area contributed by atoms with Crippen molar-refractivity contribution in [3.8, 4) is 5.75 Å². The molecule has 0 bridgehead atoms. The second-order valence-corrected chi connectivity index (χ2v) is 2.75. The van der Waals surface area contributed by atoms with Gasteiger partial charge in [0.25, 0.3) is 0 Å². The first-order valence-electron chi connectivity index (χ1n) is 4.09. The van der Waals surface area contributed by atoms with Gasteiger partial charge in [0.1, 0.15) is 5.75 Å². The number of aromatic hydroxyl groups is 1. The lowest BCUT2D eigenvalue weighted by Crippen LogP contribution is -1.99. The minimum absolute atomic E-state index is 0.0237. The van der Waals surface area contributed by atoms with E-state index in [1.54, 1.807) is 24.3 Å². The highest BCUT2D eigenvalue weighted by Crippen LogP contribution is 2.18. The first-order valence-corrected chi connectivity index (χ1v) is 4.09. The zero-order chi connectivity index (χ0) is 9.68. The number of benzene rings is 1. The number of aliphatic hydroxyl groups excluding tert-OH is 1. The Labute approximate surface area is 77.1 Å². The fourth-order valence-corrected chi connectivity index (χ4v) is 1.01. The minimum Gasteiger partial charge on any atom is -0.507 e. The van der Waals surface area contributed by atoms with Gasteiger partial charge < -0.3 is 15.9 Å². The molecule has 13 heavy (non-hydrogen) atoms. The highest BCUT2D eigenvalue weighted by molar-refractivity contribution is 5.58. The van der Waals surface area contributed by atoms with E-state index in [0.717, 1.165) is 0 Å². The van der Waals surface area contributed by atoms with E-state index < -0.39 is 0 Å². The minimum atomic E-state index is 0.0237. The summed E-state index contributed by atoms with van der Waals surface area (Å²) in [5.41, 5.74) is 6.81. The lowest BCUT2D eigenvalue weighted by molar-refractivity contribution is 0.299. The molecule has 0 fully saturated rings. The molecule has 0 aromatic heterocycles. The van der Waals surface area contributed by atoms with Gasteiger partial charge in [-0.3, -0.25) is 0 Å². The van der Waals surface area contributed by atoms with Crippen LogP contribution in [0.2, 0.25) is 0 Å². The van der Waals surface area contributed by atoms with Gasteiger partial charge in [0.05, 0.1) is 0 Å². The summed E-state index contributed by atoms with van der Waals surface area (Å²) >= 11 is 0. The van der Waals surface area contributed by atoms with E-state index in [0.29, 0.717) is 17.7 Å². The molecule has 0 spiro atoms. The maximum atomic E-state index is 9.36. The van der Waals surface area contributed by atoms with Crippen molar-refractivity contribution in [3.63, 3.8) is 0 Å². The highest BCUT2D eigenvalue weighted by Gasteiger charge is 1.96. The van der Waals surface area contributed by atoms with Crippen LogP contribution in [0.1, 0.15) is 12.0 Å². The predicted molar refractivity (Wildman–Crippen MR) is 52.0 cm³/mol. The zero-order valence-electron chi connectivity index (χ0n) is 7.27. The van der Waals surface area contributed by atoms with Crippen LogP contribution in [-0.4, -0.2) is 16.8 Å². The van der Waals surface area contributed by atoms with Gasteiger partial charge in [-0.25, -0.2) is 0 Å². The molecule has 3 heteroatoms. The number of phenols is 1. The lowest BCUT2D eigenvalue weighted by atomic mass is 10.1. The molecule has 1 aromatic carbocycles. The molecule has 0 aliphatic heterocycles. The van der Waals surface area contributed by atoms with E-state index in [1.807, 2.05) is 6.07 Å². The van der Waals surface area contributed by atoms with Crippen LogP contribution >= 0.6 is 0 Å². The first kappa shape index (κ1) is 9.61. The molecule has 0 saturated carbocycles. The summed E-state index contributed by atoms with van der Waals surface area (Å²) in [5.74, 6) is 0.198. The topological polar surface area (TPSA) is 66.5 Å². The van der Waals surface area contributed by atoms with Crippen LogP contribution < -0.4 is 5.73 Å². The summed E-state index contributed by atoms with van der Waals surface area (Å²) in [6.07, 6.45) is 2.08. The van der Waals surface area contributed by atoms with Gasteiger partial charge in [0.2, 0.25) is 0 Å². The van der Waals surface area contributed by atoms with Crippen molar-refractivity contribution < 1.29 is 10.2 Å². The summed E-state index contributed by atoms with van der Waals surface area (Å²) in [7, 11) is 0. The molecule has 0 saturated heterocycles. The van der Waals surface area contributed by atoms with Crippen LogP contribution in [0.25, 0.3) is 6.08 Å². The average Bonchev–Trinajstić information content (AvgIpc) is 2.09. The predicted octanol–water partition coefficient (Wildman–Crippen LogP) is 1.07.